The topological polar surface area (TPSA) is 66.8 Å². The molecular formula is C17H16O4. The first-order chi connectivity index (χ1) is 10.0. The number of carboxylic acid groups (broad SMARTS) is 1. The fourth-order valence-corrected chi connectivity index (χ4v) is 1.95. The van der Waals surface area contributed by atoms with Gasteiger partial charge in [-0.1, -0.05) is 30.9 Å². The van der Waals surface area contributed by atoms with Crippen molar-refractivity contribution >= 4 is 12.0 Å². The highest BCUT2D eigenvalue weighted by atomic mass is 16.5. The highest BCUT2D eigenvalue weighted by molar-refractivity contribution is 5.91. The number of ether oxygens (including phenoxy) is 1. The fraction of sp³-hybridized carbons (Fsp3) is 0.118. The third-order valence-electron chi connectivity index (χ3n) is 3.20. The van der Waals surface area contributed by atoms with Gasteiger partial charge in [-0.3, -0.25) is 0 Å². The first-order valence-electron chi connectivity index (χ1n) is 6.42. The molecule has 0 aliphatic heterocycles. The van der Waals surface area contributed by atoms with Crippen molar-refractivity contribution in [3.63, 3.8) is 0 Å². The Hall–Kier alpha value is -2.75. The second-order valence-corrected chi connectivity index (χ2v) is 4.66. The molecule has 2 rings (SSSR count). The molecule has 108 valence electrons. The summed E-state index contributed by atoms with van der Waals surface area (Å²) in [6.45, 7) is 6.02. The van der Waals surface area contributed by atoms with Crippen LogP contribution in [0.25, 0.3) is 6.08 Å². The maximum atomic E-state index is 10.9. The van der Waals surface area contributed by atoms with Crippen molar-refractivity contribution in [2.45, 2.75) is 13.5 Å². The highest BCUT2D eigenvalue weighted by Crippen LogP contribution is 2.24. The van der Waals surface area contributed by atoms with Crippen LogP contribution in [0.1, 0.15) is 27.0 Å². The number of aryl methyl sites for hydroxylation is 1. The van der Waals surface area contributed by atoms with Crippen LogP contribution in [0, 0.1) is 6.92 Å². The van der Waals surface area contributed by atoms with Gasteiger partial charge in [0.1, 0.15) is 23.7 Å². The van der Waals surface area contributed by atoms with E-state index in [1.54, 1.807) is 6.08 Å². The zero-order chi connectivity index (χ0) is 15.4. The van der Waals surface area contributed by atoms with E-state index in [-0.39, 0.29) is 11.3 Å². The summed E-state index contributed by atoms with van der Waals surface area (Å²) in [6.07, 6.45) is 1.77. The SMILES string of the molecule is C=Cc1ccc(COc2ccc(O)c(C(=O)O)c2)c(C)c1. The Balaban J connectivity index is 2.15. The van der Waals surface area contributed by atoms with Crippen LogP contribution in [0.2, 0.25) is 0 Å². The van der Waals surface area contributed by atoms with Crippen molar-refractivity contribution in [2.24, 2.45) is 0 Å². The molecule has 0 unspecified atom stereocenters. The Labute approximate surface area is 122 Å². The zero-order valence-corrected chi connectivity index (χ0v) is 11.7. The zero-order valence-electron chi connectivity index (χ0n) is 11.7. The Morgan fingerprint density at radius 2 is 2.05 bits per heavy atom. The van der Waals surface area contributed by atoms with Crippen molar-refractivity contribution in [3.05, 3.63) is 65.2 Å². The van der Waals surface area contributed by atoms with Gasteiger partial charge in [-0.2, -0.15) is 0 Å². The molecule has 0 radical (unpaired) electrons. The summed E-state index contributed by atoms with van der Waals surface area (Å²) in [5.41, 5.74) is 2.94. The van der Waals surface area contributed by atoms with Gasteiger partial charge in [-0.25, -0.2) is 4.79 Å². The lowest BCUT2D eigenvalue weighted by Crippen LogP contribution is -2.01. The van der Waals surface area contributed by atoms with Crippen LogP contribution in [-0.4, -0.2) is 16.2 Å². The number of aromatic carboxylic acids is 1. The predicted molar refractivity (Wildman–Crippen MR) is 80.7 cm³/mol. The quantitative estimate of drug-likeness (QED) is 0.880. The molecule has 2 aromatic carbocycles. The van der Waals surface area contributed by atoms with Crippen LogP contribution in [-0.2, 0) is 6.61 Å². The van der Waals surface area contributed by atoms with E-state index in [9.17, 15) is 9.90 Å². The maximum absolute atomic E-state index is 10.9. The summed E-state index contributed by atoms with van der Waals surface area (Å²) in [7, 11) is 0. The maximum Gasteiger partial charge on any atom is 0.339 e. The Morgan fingerprint density at radius 1 is 1.29 bits per heavy atom. The fourth-order valence-electron chi connectivity index (χ4n) is 1.95. The van der Waals surface area contributed by atoms with Crippen LogP contribution in [0.4, 0.5) is 0 Å². The number of hydrogen-bond donors (Lipinski definition) is 2. The van der Waals surface area contributed by atoms with Crippen LogP contribution >= 0.6 is 0 Å². The molecule has 0 saturated carbocycles. The van der Waals surface area contributed by atoms with Gasteiger partial charge in [0.2, 0.25) is 0 Å². The van der Waals surface area contributed by atoms with Crippen LogP contribution in [0.5, 0.6) is 11.5 Å². The molecule has 0 heterocycles. The van der Waals surface area contributed by atoms with E-state index in [2.05, 4.69) is 6.58 Å². The molecule has 0 fully saturated rings. The first kappa shape index (κ1) is 14.7. The van der Waals surface area contributed by atoms with Crippen LogP contribution in [0.15, 0.2) is 43.0 Å². The highest BCUT2D eigenvalue weighted by Gasteiger charge is 2.11. The van der Waals surface area contributed by atoms with Crippen molar-refractivity contribution in [1.82, 2.24) is 0 Å². The summed E-state index contributed by atoms with van der Waals surface area (Å²) >= 11 is 0. The van der Waals surface area contributed by atoms with Crippen molar-refractivity contribution in [2.75, 3.05) is 0 Å². The summed E-state index contributed by atoms with van der Waals surface area (Å²) in [6, 6.07) is 10.1. The minimum Gasteiger partial charge on any atom is -0.507 e. The number of rotatable bonds is 5. The molecule has 4 heteroatoms. The number of aromatic hydroxyl groups is 1. The molecule has 0 aliphatic carbocycles. The van der Waals surface area contributed by atoms with E-state index in [4.69, 9.17) is 9.84 Å². The summed E-state index contributed by atoms with van der Waals surface area (Å²) in [5, 5.41) is 18.4. The lowest BCUT2D eigenvalue weighted by atomic mass is 10.1. The standard InChI is InChI=1S/C17H16O4/c1-3-12-4-5-13(11(2)8-12)10-21-14-6-7-16(18)15(9-14)17(19)20/h3-9,18H,1,10H2,2H3,(H,19,20). The molecule has 2 N–H and O–H groups in total. The predicted octanol–water partition coefficient (Wildman–Crippen LogP) is 3.62. The number of hydrogen-bond acceptors (Lipinski definition) is 3. The molecule has 4 nitrogen and oxygen atoms in total. The van der Waals surface area contributed by atoms with Crippen LogP contribution < -0.4 is 4.74 Å². The normalized spacial score (nSPS) is 10.1. The Kier molecular flexibility index (Phi) is 4.28. The number of carboxylic acids is 1. The summed E-state index contributed by atoms with van der Waals surface area (Å²) in [5.74, 6) is -1.07. The van der Waals surface area contributed by atoms with Gasteiger partial charge >= 0.3 is 5.97 Å². The van der Waals surface area contributed by atoms with Gasteiger partial charge in [0.15, 0.2) is 0 Å². The molecule has 0 atom stereocenters. The third-order valence-corrected chi connectivity index (χ3v) is 3.20. The molecule has 2 aromatic rings. The average molecular weight is 284 g/mol. The van der Waals surface area contributed by atoms with E-state index >= 15 is 0 Å². The minimum absolute atomic E-state index is 0.175. The van der Waals surface area contributed by atoms with Crippen LogP contribution in [0.3, 0.4) is 0 Å². The Morgan fingerprint density at radius 3 is 2.67 bits per heavy atom. The summed E-state index contributed by atoms with van der Waals surface area (Å²) < 4.78 is 5.59. The Bertz CT molecular complexity index is 689. The van der Waals surface area contributed by atoms with Gasteiger partial charge in [0, 0.05) is 0 Å². The molecule has 0 saturated heterocycles. The summed E-state index contributed by atoms with van der Waals surface area (Å²) in [4.78, 5) is 10.9. The van der Waals surface area contributed by atoms with Crippen molar-refractivity contribution < 1.29 is 19.7 Å². The van der Waals surface area contributed by atoms with Gasteiger partial charge in [-0.15, -0.1) is 0 Å². The third kappa shape index (κ3) is 3.42. The minimum atomic E-state index is -1.19. The largest absolute Gasteiger partial charge is 0.507 e. The lowest BCUT2D eigenvalue weighted by molar-refractivity contribution is 0.0693. The molecule has 21 heavy (non-hydrogen) atoms. The van der Waals surface area contributed by atoms with E-state index in [0.29, 0.717) is 12.4 Å². The smallest absolute Gasteiger partial charge is 0.339 e. The molecule has 0 aliphatic rings. The average Bonchev–Trinajstić information content (AvgIpc) is 2.47. The monoisotopic (exact) mass is 284 g/mol. The molecule has 0 amide bonds. The van der Waals surface area contributed by atoms with Gasteiger partial charge in [0.05, 0.1) is 0 Å². The van der Waals surface area contributed by atoms with Gasteiger partial charge < -0.3 is 14.9 Å². The molecule has 0 aromatic heterocycles. The lowest BCUT2D eigenvalue weighted by Gasteiger charge is -2.10. The van der Waals surface area contributed by atoms with E-state index in [1.807, 2.05) is 25.1 Å². The van der Waals surface area contributed by atoms with Crippen molar-refractivity contribution in [3.8, 4) is 11.5 Å². The van der Waals surface area contributed by atoms with Gasteiger partial charge in [-0.05, 0) is 41.8 Å². The second-order valence-electron chi connectivity index (χ2n) is 4.66. The van der Waals surface area contributed by atoms with Gasteiger partial charge in [0.25, 0.3) is 0 Å². The molecule has 0 bridgehead atoms. The van der Waals surface area contributed by atoms with E-state index in [1.165, 1.54) is 18.2 Å². The van der Waals surface area contributed by atoms with E-state index < -0.39 is 5.97 Å². The number of benzene rings is 2. The molecule has 0 spiro atoms. The second kappa shape index (κ2) is 6.13. The molecular weight excluding hydrogens is 268 g/mol. The number of carbonyl (C=O) groups is 1. The number of phenols is 1. The first-order valence-corrected chi connectivity index (χ1v) is 6.42. The van der Waals surface area contributed by atoms with Crippen molar-refractivity contribution in [1.29, 1.82) is 0 Å². The van der Waals surface area contributed by atoms with E-state index in [0.717, 1.165) is 16.7 Å².